The molecule has 4 aromatic rings. The second kappa shape index (κ2) is 4.66. The van der Waals surface area contributed by atoms with Gasteiger partial charge in [0.2, 0.25) is 0 Å². The Morgan fingerprint density at radius 2 is 1.90 bits per heavy atom. The molecule has 21 heavy (non-hydrogen) atoms. The smallest absolute Gasteiger partial charge is 0.134 e. The van der Waals surface area contributed by atoms with E-state index in [0.717, 1.165) is 28.2 Å². The topological polar surface area (TPSA) is 51.0 Å². The van der Waals surface area contributed by atoms with Gasteiger partial charge in [0.15, 0.2) is 0 Å². The molecule has 0 saturated carbocycles. The third-order valence-corrected chi connectivity index (χ3v) is 3.54. The third-order valence-electron chi connectivity index (χ3n) is 3.54. The van der Waals surface area contributed by atoms with Gasteiger partial charge in [-0.15, -0.1) is 0 Å². The summed E-state index contributed by atoms with van der Waals surface area (Å²) in [4.78, 5) is 3.41. The van der Waals surface area contributed by atoms with Crippen LogP contribution in [0.3, 0.4) is 0 Å². The van der Waals surface area contributed by atoms with Gasteiger partial charge in [-0.3, -0.25) is 0 Å². The summed E-state index contributed by atoms with van der Waals surface area (Å²) in [6, 6.07) is 16.2. The van der Waals surface area contributed by atoms with Crippen LogP contribution in [0.1, 0.15) is 11.5 Å². The fourth-order valence-corrected chi connectivity index (χ4v) is 2.57. The quantitative estimate of drug-likeness (QED) is 0.611. The summed E-state index contributed by atoms with van der Waals surface area (Å²) in [7, 11) is 0. The van der Waals surface area contributed by atoms with Crippen LogP contribution < -0.4 is 4.74 Å². The van der Waals surface area contributed by atoms with Crippen molar-refractivity contribution in [3.05, 3.63) is 60.0 Å². The standard InChI is InChI=1S/C17H14N2O2/c1-11-8-12(19-21-11)10-20-13-6-7-15-14-4-2-3-5-16(14)18-17(15)9-13/h2-9,18H,10H2,1H3. The first kappa shape index (κ1) is 12.0. The predicted octanol–water partition coefficient (Wildman–Crippen LogP) is 4.20. The highest BCUT2D eigenvalue weighted by Gasteiger charge is 2.06. The highest BCUT2D eigenvalue weighted by Crippen LogP contribution is 2.28. The molecule has 0 bridgehead atoms. The number of ether oxygens (including phenoxy) is 1. The highest BCUT2D eigenvalue weighted by molar-refractivity contribution is 6.07. The largest absolute Gasteiger partial charge is 0.487 e. The molecule has 0 amide bonds. The van der Waals surface area contributed by atoms with Crippen LogP contribution in [0.2, 0.25) is 0 Å². The summed E-state index contributed by atoms with van der Waals surface area (Å²) in [5.74, 6) is 1.61. The lowest BCUT2D eigenvalue weighted by Crippen LogP contribution is -1.95. The van der Waals surface area contributed by atoms with E-state index < -0.39 is 0 Å². The third kappa shape index (κ3) is 2.14. The molecule has 0 aliphatic heterocycles. The molecule has 2 aromatic carbocycles. The van der Waals surface area contributed by atoms with Crippen LogP contribution in [0.4, 0.5) is 0 Å². The zero-order chi connectivity index (χ0) is 14.2. The summed E-state index contributed by atoms with van der Waals surface area (Å²) < 4.78 is 10.8. The molecule has 0 radical (unpaired) electrons. The highest BCUT2D eigenvalue weighted by atomic mass is 16.5. The summed E-state index contributed by atoms with van der Waals surface area (Å²) in [5, 5.41) is 6.35. The first-order valence-corrected chi connectivity index (χ1v) is 6.85. The number of hydrogen-bond acceptors (Lipinski definition) is 3. The number of benzene rings is 2. The lowest BCUT2D eigenvalue weighted by Gasteiger charge is -2.03. The lowest BCUT2D eigenvalue weighted by atomic mass is 10.1. The van der Waals surface area contributed by atoms with Crippen LogP contribution in [-0.4, -0.2) is 10.1 Å². The molecule has 0 fully saturated rings. The Morgan fingerprint density at radius 3 is 2.76 bits per heavy atom. The maximum atomic E-state index is 5.77. The summed E-state index contributed by atoms with van der Waals surface area (Å²) in [6.45, 7) is 2.27. The molecule has 2 aromatic heterocycles. The fourth-order valence-electron chi connectivity index (χ4n) is 2.57. The number of aryl methyl sites for hydroxylation is 1. The number of fused-ring (bicyclic) bond motifs is 3. The van der Waals surface area contributed by atoms with E-state index in [1.807, 2.05) is 37.3 Å². The SMILES string of the molecule is Cc1cc(COc2ccc3c(c2)[nH]c2ccccc23)no1. The van der Waals surface area contributed by atoms with Gasteiger partial charge in [-0.25, -0.2) is 0 Å². The van der Waals surface area contributed by atoms with E-state index in [2.05, 4.69) is 28.3 Å². The average Bonchev–Trinajstić information content (AvgIpc) is 3.07. The van der Waals surface area contributed by atoms with Crippen molar-refractivity contribution in [1.29, 1.82) is 0 Å². The minimum absolute atomic E-state index is 0.406. The van der Waals surface area contributed by atoms with Crippen LogP contribution in [0.5, 0.6) is 5.75 Å². The number of rotatable bonds is 3. The number of H-pyrrole nitrogens is 1. The maximum Gasteiger partial charge on any atom is 0.134 e. The van der Waals surface area contributed by atoms with Crippen molar-refractivity contribution in [3.63, 3.8) is 0 Å². The fraction of sp³-hybridized carbons (Fsp3) is 0.118. The maximum absolute atomic E-state index is 5.77. The first-order valence-electron chi connectivity index (χ1n) is 6.85. The number of nitrogens with one attached hydrogen (secondary N) is 1. The first-order chi connectivity index (χ1) is 10.3. The number of hydrogen-bond donors (Lipinski definition) is 1. The van der Waals surface area contributed by atoms with E-state index in [9.17, 15) is 0 Å². The second-order valence-electron chi connectivity index (χ2n) is 5.10. The molecule has 104 valence electrons. The Labute approximate surface area is 121 Å². The van der Waals surface area contributed by atoms with E-state index >= 15 is 0 Å². The van der Waals surface area contributed by atoms with Crippen molar-refractivity contribution in [3.8, 4) is 5.75 Å². The van der Waals surface area contributed by atoms with Gasteiger partial charge >= 0.3 is 0 Å². The number of nitrogens with zero attached hydrogens (tertiary/aromatic N) is 1. The van der Waals surface area contributed by atoms with Crippen LogP contribution in [0.15, 0.2) is 53.1 Å². The molecule has 0 aliphatic carbocycles. The van der Waals surface area contributed by atoms with Gasteiger partial charge < -0.3 is 14.2 Å². The Bertz CT molecular complexity index is 921. The number of aromatic nitrogens is 2. The van der Waals surface area contributed by atoms with Gasteiger partial charge in [-0.2, -0.15) is 0 Å². The van der Waals surface area contributed by atoms with E-state index in [-0.39, 0.29) is 0 Å². The number of aromatic amines is 1. The van der Waals surface area contributed by atoms with Crippen LogP contribution in [0.25, 0.3) is 21.8 Å². The lowest BCUT2D eigenvalue weighted by molar-refractivity contribution is 0.288. The summed E-state index contributed by atoms with van der Waals surface area (Å²) in [6.07, 6.45) is 0. The van der Waals surface area contributed by atoms with Crippen molar-refractivity contribution < 1.29 is 9.26 Å². The Morgan fingerprint density at radius 1 is 1.05 bits per heavy atom. The van der Waals surface area contributed by atoms with Crippen LogP contribution in [0, 0.1) is 6.92 Å². The molecule has 0 unspecified atom stereocenters. The van der Waals surface area contributed by atoms with Gasteiger partial charge in [0.1, 0.15) is 23.8 Å². The van der Waals surface area contributed by atoms with E-state index in [4.69, 9.17) is 9.26 Å². The molecular formula is C17H14N2O2. The van der Waals surface area contributed by atoms with Crippen LogP contribution >= 0.6 is 0 Å². The summed E-state index contributed by atoms with van der Waals surface area (Å²) in [5.41, 5.74) is 3.01. The van der Waals surface area contributed by atoms with Crippen molar-refractivity contribution >= 4 is 21.8 Å². The molecule has 1 N–H and O–H groups in total. The molecule has 0 spiro atoms. The van der Waals surface area contributed by atoms with Gasteiger partial charge in [-0.05, 0) is 25.1 Å². The molecule has 4 rings (SSSR count). The minimum atomic E-state index is 0.406. The zero-order valence-electron chi connectivity index (χ0n) is 11.6. The van der Waals surface area contributed by atoms with Gasteiger partial charge in [0.05, 0.1) is 5.52 Å². The van der Waals surface area contributed by atoms with E-state index in [1.165, 1.54) is 10.8 Å². The molecule has 4 heteroatoms. The molecule has 0 saturated heterocycles. The average molecular weight is 278 g/mol. The van der Waals surface area contributed by atoms with Crippen molar-refractivity contribution in [2.45, 2.75) is 13.5 Å². The van der Waals surface area contributed by atoms with Crippen LogP contribution in [-0.2, 0) is 6.61 Å². The van der Waals surface area contributed by atoms with E-state index in [0.29, 0.717) is 6.61 Å². The minimum Gasteiger partial charge on any atom is -0.487 e. The Balaban J connectivity index is 1.65. The summed E-state index contributed by atoms with van der Waals surface area (Å²) >= 11 is 0. The number of para-hydroxylation sites is 1. The van der Waals surface area contributed by atoms with Crippen molar-refractivity contribution in [2.24, 2.45) is 0 Å². The van der Waals surface area contributed by atoms with Gasteiger partial charge in [0, 0.05) is 28.4 Å². The molecular weight excluding hydrogens is 264 g/mol. The second-order valence-corrected chi connectivity index (χ2v) is 5.10. The Hall–Kier alpha value is -2.75. The normalized spacial score (nSPS) is 11.3. The molecule has 0 atom stereocenters. The molecule has 2 heterocycles. The van der Waals surface area contributed by atoms with E-state index in [1.54, 1.807) is 0 Å². The van der Waals surface area contributed by atoms with Gasteiger partial charge in [-0.1, -0.05) is 23.4 Å². The van der Waals surface area contributed by atoms with Crippen molar-refractivity contribution in [1.82, 2.24) is 10.1 Å². The Kier molecular flexibility index (Phi) is 2.67. The van der Waals surface area contributed by atoms with Crippen molar-refractivity contribution in [2.75, 3.05) is 0 Å². The zero-order valence-corrected chi connectivity index (χ0v) is 11.6. The monoisotopic (exact) mass is 278 g/mol. The van der Waals surface area contributed by atoms with Gasteiger partial charge in [0.25, 0.3) is 0 Å². The molecule has 0 aliphatic rings. The molecule has 4 nitrogen and oxygen atoms in total. The predicted molar refractivity (Wildman–Crippen MR) is 81.4 cm³/mol.